The van der Waals surface area contributed by atoms with Gasteiger partial charge < -0.3 is 4.74 Å². The van der Waals surface area contributed by atoms with Crippen molar-refractivity contribution < 1.29 is 13.5 Å². The molecule has 1 nitrogen and oxygen atoms in total. The highest BCUT2D eigenvalue weighted by atomic mass is 79.9. The molecule has 0 N–H and O–H groups in total. The van der Waals surface area contributed by atoms with E-state index >= 15 is 0 Å². The van der Waals surface area contributed by atoms with Crippen LogP contribution in [0.1, 0.15) is 22.1 Å². The molecule has 0 aliphatic heterocycles. The van der Waals surface area contributed by atoms with Crippen molar-refractivity contribution in [2.75, 3.05) is 7.11 Å². The van der Waals surface area contributed by atoms with E-state index in [0.717, 1.165) is 22.2 Å². The van der Waals surface area contributed by atoms with Gasteiger partial charge in [-0.2, -0.15) is 0 Å². The Labute approximate surface area is 129 Å². The summed E-state index contributed by atoms with van der Waals surface area (Å²) in [6, 6.07) is 7.58. The highest BCUT2D eigenvalue weighted by Crippen LogP contribution is 2.35. The summed E-state index contributed by atoms with van der Waals surface area (Å²) in [6.45, 7) is 1.89. The largest absolute Gasteiger partial charge is 0.497 e. The topological polar surface area (TPSA) is 9.23 Å². The second-order valence-electron chi connectivity index (χ2n) is 4.38. The van der Waals surface area contributed by atoms with E-state index in [1.54, 1.807) is 18.2 Å². The molecule has 0 radical (unpaired) electrons. The van der Waals surface area contributed by atoms with Crippen molar-refractivity contribution in [3.8, 4) is 5.75 Å². The molecular weight excluding hydrogens is 350 g/mol. The summed E-state index contributed by atoms with van der Waals surface area (Å²) in [5.41, 5.74) is 1.41. The molecule has 1 atom stereocenters. The minimum atomic E-state index is -0.896. The molecule has 1 unspecified atom stereocenters. The fourth-order valence-corrected chi connectivity index (χ4v) is 2.50. The predicted molar refractivity (Wildman–Crippen MR) is 79.5 cm³/mol. The van der Waals surface area contributed by atoms with Crippen molar-refractivity contribution in [3.05, 3.63) is 63.1 Å². The Hall–Kier alpha value is -1.13. The van der Waals surface area contributed by atoms with Gasteiger partial charge in [-0.15, -0.1) is 11.6 Å². The van der Waals surface area contributed by atoms with Crippen LogP contribution in [0.5, 0.6) is 5.75 Å². The van der Waals surface area contributed by atoms with Gasteiger partial charge in [0.1, 0.15) is 17.4 Å². The summed E-state index contributed by atoms with van der Waals surface area (Å²) < 4.78 is 33.7. The average Bonchev–Trinajstić information content (AvgIpc) is 2.40. The SMILES string of the molecule is COc1cc(F)c(C(Cl)c2ccc(Br)c(C)c2)c(F)c1. The van der Waals surface area contributed by atoms with E-state index in [2.05, 4.69) is 15.9 Å². The normalized spacial score (nSPS) is 12.3. The second-order valence-corrected chi connectivity index (χ2v) is 5.67. The quantitative estimate of drug-likeness (QED) is 0.668. The number of methoxy groups -OCH3 is 1. The third-order valence-corrected chi connectivity index (χ3v) is 4.38. The van der Waals surface area contributed by atoms with Gasteiger partial charge in [0.15, 0.2) is 0 Å². The van der Waals surface area contributed by atoms with Crippen LogP contribution in [0.2, 0.25) is 0 Å². The Morgan fingerprint density at radius 1 is 1.15 bits per heavy atom. The molecule has 0 aliphatic carbocycles. The Balaban J connectivity index is 2.47. The molecule has 5 heteroatoms. The van der Waals surface area contributed by atoms with Crippen LogP contribution in [0.4, 0.5) is 8.78 Å². The molecular formula is C15H12BrClF2O. The maximum atomic E-state index is 14.0. The van der Waals surface area contributed by atoms with E-state index in [0.29, 0.717) is 5.56 Å². The summed E-state index contributed by atoms with van der Waals surface area (Å²) >= 11 is 9.60. The molecule has 0 saturated carbocycles. The lowest BCUT2D eigenvalue weighted by atomic mass is 10.0. The lowest BCUT2D eigenvalue weighted by Gasteiger charge is -2.14. The van der Waals surface area contributed by atoms with Gasteiger partial charge in [0, 0.05) is 22.2 Å². The predicted octanol–water partition coefficient (Wildman–Crippen LogP) is 5.37. The first-order valence-corrected chi connectivity index (χ1v) is 7.10. The Kier molecular flexibility index (Phi) is 4.66. The molecule has 106 valence electrons. The van der Waals surface area contributed by atoms with E-state index in [1.807, 2.05) is 6.92 Å². The van der Waals surface area contributed by atoms with Gasteiger partial charge in [0.2, 0.25) is 0 Å². The van der Waals surface area contributed by atoms with Crippen LogP contribution in [0.3, 0.4) is 0 Å². The van der Waals surface area contributed by atoms with Crippen molar-refractivity contribution in [1.82, 2.24) is 0 Å². The third-order valence-electron chi connectivity index (χ3n) is 3.02. The number of aryl methyl sites for hydroxylation is 1. The monoisotopic (exact) mass is 360 g/mol. The highest BCUT2D eigenvalue weighted by Gasteiger charge is 2.21. The van der Waals surface area contributed by atoms with Crippen LogP contribution < -0.4 is 4.74 Å². The molecule has 0 amide bonds. The summed E-state index contributed by atoms with van der Waals surface area (Å²) in [6.07, 6.45) is 0. The smallest absolute Gasteiger partial charge is 0.134 e. The zero-order valence-electron chi connectivity index (χ0n) is 10.9. The molecule has 0 aliphatic rings. The van der Waals surface area contributed by atoms with Gasteiger partial charge in [-0.1, -0.05) is 28.1 Å². The number of hydrogen-bond acceptors (Lipinski definition) is 1. The molecule has 20 heavy (non-hydrogen) atoms. The number of rotatable bonds is 3. The summed E-state index contributed by atoms with van der Waals surface area (Å²) in [5.74, 6) is -1.32. The van der Waals surface area contributed by atoms with Crippen LogP contribution in [0.25, 0.3) is 0 Å². The molecule has 0 bridgehead atoms. The molecule has 2 aromatic rings. The first kappa shape index (κ1) is 15.3. The Morgan fingerprint density at radius 3 is 2.25 bits per heavy atom. The standard InChI is InChI=1S/C15H12BrClF2O/c1-8-5-9(3-4-11(8)16)15(17)14-12(18)6-10(20-2)7-13(14)19/h3-7,15H,1-2H3. The van der Waals surface area contributed by atoms with E-state index < -0.39 is 17.0 Å². The van der Waals surface area contributed by atoms with E-state index in [1.165, 1.54) is 7.11 Å². The zero-order valence-corrected chi connectivity index (χ0v) is 13.2. The average molecular weight is 362 g/mol. The van der Waals surface area contributed by atoms with Gasteiger partial charge >= 0.3 is 0 Å². The highest BCUT2D eigenvalue weighted by molar-refractivity contribution is 9.10. The van der Waals surface area contributed by atoms with Gasteiger partial charge in [-0.25, -0.2) is 8.78 Å². The van der Waals surface area contributed by atoms with E-state index in [9.17, 15) is 8.78 Å². The van der Waals surface area contributed by atoms with Gasteiger partial charge in [-0.05, 0) is 24.1 Å². The first-order chi connectivity index (χ1) is 9.43. The maximum Gasteiger partial charge on any atom is 0.134 e. The number of halogens is 4. The minimum Gasteiger partial charge on any atom is -0.497 e. The fraction of sp³-hybridized carbons (Fsp3) is 0.200. The van der Waals surface area contributed by atoms with E-state index in [-0.39, 0.29) is 11.3 Å². The van der Waals surface area contributed by atoms with Crippen LogP contribution in [0.15, 0.2) is 34.8 Å². The second kappa shape index (κ2) is 6.10. The minimum absolute atomic E-state index is 0.125. The summed E-state index contributed by atoms with van der Waals surface area (Å²) in [7, 11) is 1.35. The molecule has 0 aromatic heterocycles. The Morgan fingerprint density at radius 2 is 1.75 bits per heavy atom. The number of hydrogen-bond donors (Lipinski definition) is 0. The van der Waals surface area contributed by atoms with Crippen molar-refractivity contribution in [3.63, 3.8) is 0 Å². The number of ether oxygens (including phenoxy) is 1. The van der Waals surface area contributed by atoms with Crippen molar-refractivity contribution in [2.45, 2.75) is 12.3 Å². The number of benzene rings is 2. The zero-order chi connectivity index (χ0) is 14.9. The van der Waals surface area contributed by atoms with Crippen LogP contribution in [0, 0.1) is 18.6 Å². The fourth-order valence-electron chi connectivity index (χ4n) is 1.91. The van der Waals surface area contributed by atoms with Crippen LogP contribution in [-0.4, -0.2) is 7.11 Å². The van der Waals surface area contributed by atoms with Gasteiger partial charge in [0.05, 0.1) is 12.5 Å². The third kappa shape index (κ3) is 2.96. The van der Waals surface area contributed by atoms with E-state index in [4.69, 9.17) is 16.3 Å². The summed E-state index contributed by atoms with van der Waals surface area (Å²) in [5, 5.41) is -0.896. The lowest BCUT2D eigenvalue weighted by Crippen LogP contribution is -2.02. The van der Waals surface area contributed by atoms with Crippen molar-refractivity contribution in [2.24, 2.45) is 0 Å². The lowest BCUT2D eigenvalue weighted by molar-refractivity contribution is 0.405. The maximum absolute atomic E-state index is 14.0. The van der Waals surface area contributed by atoms with Gasteiger partial charge in [-0.3, -0.25) is 0 Å². The molecule has 0 spiro atoms. The van der Waals surface area contributed by atoms with Gasteiger partial charge in [0.25, 0.3) is 0 Å². The number of alkyl halides is 1. The molecule has 2 aromatic carbocycles. The summed E-state index contributed by atoms with van der Waals surface area (Å²) in [4.78, 5) is 0. The van der Waals surface area contributed by atoms with Crippen molar-refractivity contribution in [1.29, 1.82) is 0 Å². The van der Waals surface area contributed by atoms with Crippen LogP contribution in [-0.2, 0) is 0 Å². The van der Waals surface area contributed by atoms with Crippen molar-refractivity contribution >= 4 is 27.5 Å². The van der Waals surface area contributed by atoms with Crippen LogP contribution >= 0.6 is 27.5 Å². The molecule has 0 saturated heterocycles. The molecule has 0 fully saturated rings. The first-order valence-electron chi connectivity index (χ1n) is 5.87. The molecule has 2 rings (SSSR count). The molecule has 0 heterocycles. The Bertz CT molecular complexity index is 623.